The first-order valence-corrected chi connectivity index (χ1v) is 7.53. The van der Waals surface area contributed by atoms with Crippen LogP contribution in [0.15, 0.2) is 12.4 Å². The number of aryl methyl sites for hydroxylation is 3. The summed E-state index contributed by atoms with van der Waals surface area (Å²) < 4.78 is 7.12. The van der Waals surface area contributed by atoms with E-state index in [4.69, 9.17) is 4.74 Å². The Morgan fingerprint density at radius 3 is 2.95 bits per heavy atom. The highest BCUT2D eigenvalue weighted by Crippen LogP contribution is 2.38. The van der Waals surface area contributed by atoms with E-state index < -0.39 is 0 Å². The van der Waals surface area contributed by atoms with E-state index in [0.717, 1.165) is 41.7 Å². The van der Waals surface area contributed by atoms with Crippen LogP contribution in [0, 0.1) is 25.7 Å². The van der Waals surface area contributed by atoms with E-state index in [2.05, 4.69) is 17.0 Å². The summed E-state index contributed by atoms with van der Waals surface area (Å²) in [7, 11) is 0. The second-order valence-electron chi connectivity index (χ2n) is 6.03. The molecule has 0 saturated heterocycles. The Bertz CT molecular complexity index is 677. The molecule has 1 aliphatic carbocycles. The second-order valence-corrected chi connectivity index (χ2v) is 6.03. The summed E-state index contributed by atoms with van der Waals surface area (Å²) >= 11 is 0. The first-order valence-electron chi connectivity index (χ1n) is 7.53. The zero-order valence-corrected chi connectivity index (χ0v) is 12.8. The Hall–Kier alpha value is -1.91. The van der Waals surface area contributed by atoms with E-state index in [9.17, 15) is 4.79 Å². The van der Waals surface area contributed by atoms with Crippen LogP contribution in [0.5, 0.6) is 0 Å². The Morgan fingerprint density at radius 1 is 1.48 bits per heavy atom. The quantitative estimate of drug-likeness (QED) is 0.626. The lowest BCUT2D eigenvalue weighted by atomic mass is 10.2. The first kappa shape index (κ1) is 14.0. The van der Waals surface area contributed by atoms with Gasteiger partial charge in [0, 0.05) is 18.0 Å². The van der Waals surface area contributed by atoms with Gasteiger partial charge in [0.2, 0.25) is 0 Å². The van der Waals surface area contributed by atoms with E-state index in [1.54, 1.807) is 0 Å². The van der Waals surface area contributed by atoms with E-state index >= 15 is 0 Å². The van der Waals surface area contributed by atoms with Crippen molar-refractivity contribution in [3.8, 4) is 0 Å². The Balaban J connectivity index is 1.52. The van der Waals surface area contributed by atoms with Gasteiger partial charge in [0.05, 0.1) is 18.2 Å². The standard InChI is InChI=1S/C16H21N3O2/c1-10-7-14(10)16(20)21-6-4-5-13-8-17-15-11(2)12(3)18-19(15)9-13/h8-10,14H,4-7H2,1-3H3. The van der Waals surface area contributed by atoms with Crippen LogP contribution < -0.4 is 0 Å². The normalized spacial score (nSPS) is 20.7. The van der Waals surface area contributed by atoms with Crippen molar-refractivity contribution in [1.29, 1.82) is 0 Å². The van der Waals surface area contributed by atoms with Gasteiger partial charge in [0.25, 0.3) is 0 Å². The number of hydrogen-bond donors (Lipinski definition) is 0. The van der Waals surface area contributed by atoms with Crippen LogP contribution in [0.25, 0.3) is 5.65 Å². The number of fused-ring (bicyclic) bond motifs is 1. The van der Waals surface area contributed by atoms with Gasteiger partial charge in [0.15, 0.2) is 5.65 Å². The van der Waals surface area contributed by atoms with Crippen molar-refractivity contribution < 1.29 is 9.53 Å². The average molecular weight is 287 g/mol. The summed E-state index contributed by atoms with van der Waals surface area (Å²) in [5, 5.41) is 4.44. The monoisotopic (exact) mass is 287 g/mol. The van der Waals surface area contributed by atoms with Crippen LogP contribution in [-0.4, -0.2) is 27.2 Å². The van der Waals surface area contributed by atoms with E-state index in [1.807, 2.05) is 30.8 Å². The third-order valence-electron chi connectivity index (χ3n) is 4.26. The van der Waals surface area contributed by atoms with Crippen LogP contribution in [-0.2, 0) is 16.0 Å². The lowest BCUT2D eigenvalue weighted by Gasteiger charge is -2.04. The lowest BCUT2D eigenvalue weighted by Crippen LogP contribution is -2.09. The molecule has 0 aliphatic heterocycles. The molecule has 21 heavy (non-hydrogen) atoms. The van der Waals surface area contributed by atoms with Crippen molar-refractivity contribution in [2.45, 2.75) is 40.0 Å². The smallest absolute Gasteiger partial charge is 0.309 e. The largest absolute Gasteiger partial charge is 0.465 e. The first-order chi connectivity index (χ1) is 10.1. The molecule has 2 unspecified atom stereocenters. The zero-order valence-electron chi connectivity index (χ0n) is 12.8. The van der Waals surface area contributed by atoms with Gasteiger partial charge in [-0.05, 0) is 44.6 Å². The van der Waals surface area contributed by atoms with Gasteiger partial charge in [-0.25, -0.2) is 9.50 Å². The highest BCUT2D eigenvalue weighted by Gasteiger charge is 2.40. The molecule has 1 fully saturated rings. The van der Waals surface area contributed by atoms with Crippen LogP contribution in [0.1, 0.15) is 36.6 Å². The highest BCUT2D eigenvalue weighted by molar-refractivity contribution is 5.75. The number of esters is 1. The molecule has 0 N–H and O–H groups in total. The topological polar surface area (TPSA) is 56.5 Å². The van der Waals surface area contributed by atoms with Crippen LogP contribution in [0.3, 0.4) is 0 Å². The van der Waals surface area contributed by atoms with Crippen molar-refractivity contribution in [2.75, 3.05) is 6.61 Å². The molecule has 3 rings (SSSR count). The summed E-state index contributed by atoms with van der Waals surface area (Å²) in [6, 6.07) is 0. The molecule has 1 saturated carbocycles. The molecule has 0 aromatic carbocycles. The van der Waals surface area contributed by atoms with Gasteiger partial charge in [-0.3, -0.25) is 4.79 Å². The molecule has 2 aromatic heterocycles. The SMILES string of the molecule is Cc1nn2cc(CCCOC(=O)C3CC3C)cnc2c1C. The number of hydrogen-bond acceptors (Lipinski definition) is 4. The highest BCUT2D eigenvalue weighted by atomic mass is 16.5. The van der Waals surface area contributed by atoms with Gasteiger partial charge in [-0.2, -0.15) is 5.10 Å². The van der Waals surface area contributed by atoms with Gasteiger partial charge < -0.3 is 4.74 Å². The molecular formula is C16H21N3O2. The van der Waals surface area contributed by atoms with Crippen LogP contribution >= 0.6 is 0 Å². The molecule has 5 nitrogen and oxygen atoms in total. The minimum Gasteiger partial charge on any atom is -0.465 e. The molecule has 0 amide bonds. The maximum Gasteiger partial charge on any atom is 0.309 e. The molecule has 2 heterocycles. The number of carbonyl (C=O) groups excluding carboxylic acids is 1. The predicted molar refractivity (Wildman–Crippen MR) is 79.0 cm³/mol. The molecule has 0 spiro atoms. The number of aromatic nitrogens is 3. The summed E-state index contributed by atoms with van der Waals surface area (Å²) in [4.78, 5) is 16.0. The van der Waals surface area contributed by atoms with Crippen LogP contribution in [0.2, 0.25) is 0 Å². The summed E-state index contributed by atoms with van der Waals surface area (Å²) in [6.45, 7) is 6.59. The average Bonchev–Trinajstić information content (AvgIpc) is 3.13. The lowest BCUT2D eigenvalue weighted by molar-refractivity contribution is -0.145. The fourth-order valence-electron chi connectivity index (χ4n) is 2.53. The van der Waals surface area contributed by atoms with E-state index in [0.29, 0.717) is 12.5 Å². The zero-order chi connectivity index (χ0) is 15.0. The molecule has 0 bridgehead atoms. The molecule has 2 atom stereocenters. The van der Waals surface area contributed by atoms with Crippen LogP contribution in [0.4, 0.5) is 0 Å². The van der Waals surface area contributed by atoms with Crippen molar-refractivity contribution >= 4 is 11.6 Å². The van der Waals surface area contributed by atoms with E-state index in [-0.39, 0.29) is 11.9 Å². The number of rotatable bonds is 5. The maximum atomic E-state index is 11.6. The van der Waals surface area contributed by atoms with Gasteiger partial charge >= 0.3 is 5.97 Å². The van der Waals surface area contributed by atoms with Crippen molar-refractivity contribution in [3.05, 3.63) is 29.2 Å². The molecule has 5 heteroatoms. The third-order valence-corrected chi connectivity index (χ3v) is 4.26. The second kappa shape index (κ2) is 5.47. The molecule has 112 valence electrons. The number of ether oxygens (including phenoxy) is 1. The minimum atomic E-state index is -0.0330. The minimum absolute atomic E-state index is 0.0330. The summed E-state index contributed by atoms with van der Waals surface area (Å²) in [5.41, 5.74) is 4.15. The maximum absolute atomic E-state index is 11.6. The van der Waals surface area contributed by atoms with Crippen molar-refractivity contribution in [3.63, 3.8) is 0 Å². The van der Waals surface area contributed by atoms with Gasteiger partial charge in [-0.15, -0.1) is 0 Å². The molecule has 1 aliphatic rings. The third kappa shape index (κ3) is 2.91. The summed E-state index contributed by atoms with van der Waals surface area (Å²) in [6.07, 6.45) is 6.53. The Kier molecular flexibility index (Phi) is 3.66. The fraction of sp³-hybridized carbons (Fsp3) is 0.562. The summed E-state index contributed by atoms with van der Waals surface area (Å²) in [5.74, 6) is 0.628. The number of nitrogens with zero attached hydrogens (tertiary/aromatic N) is 3. The Morgan fingerprint density at radius 2 is 2.24 bits per heavy atom. The predicted octanol–water partition coefficient (Wildman–Crippen LogP) is 2.48. The Labute approximate surface area is 124 Å². The fourth-order valence-corrected chi connectivity index (χ4v) is 2.53. The van der Waals surface area contributed by atoms with E-state index in [1.165, 1.54) is 0 Å². The molecular weight excluding hydrogens is 266 g/mol. The van der Waals surface area contributed by atoms with Crippen molar-refractivity contribution in [2.24, 2.45) is 11.8 Å². The van der Waals surface area contributed by atoms with Gasteiger partial charge in [-0.1, -0.05) is 6.92 Å². The molecule has 0 radical (unpaired) electrons. The number of carbonyl (C=O) groups is 1. The molecule has 2 aromatic rings. The van der Waals surface area contributed by atoms with Gasteiger partial charge in [0.1, 0.15) is 0 Å². The van der Waals surface area contributed by atoms with Crippen molar-refractivity contribution in [1.82, 2.24) is 14.6 Å².